The number of amides is 1. The van der Waals surface area contributed by atoms with Gasteiger partial charge in [0.25, 0.3) is 5.91 Å². The van der Waals surface area contributed by atoms with Crippen LogP contribution in [0, 0.1) is 0 Å². The van der Waals surface area contributed by atoms with Gasteiger partial charge in [0.05, 0.1) is 0 Å². The van der Waals surface area contributed by atoms with E-state index in [1.807, 2.05) is 27.8 Å². The summed E-state index contributed by atoms with van der Waals surface area (Å²) >= 11 is 0. The normalized spacial score (nSPS) is 20.8. The molecule has 1 aliphatic rings. The third-order valence-electron chi connectivity index (χ3n) is 3.07. The molecule has 1 saturated heterocycles. The number of likely N-dealkylation sites (tertiary alicyclic amines) is 1. The highest BCUT2D eigenvalue weighted by Crippen LogP contribution is 2.16. The first kappa shape index (κ1) is 11.2. The minimum absolute atomic E-state index is 0.103. The second kappa shape index (κ2) is 4.29. The third kappa shape index (κ3) is 1.97. The van der Waals surface area contributed by atoms with Crippen molar-refractivity contribution < 1.29 is 4.79 Å². The van der Waals surface area contributed by atoms with E-state index in [0.29, 0.717) is 12.6 Å². The molecule has 0 aliphatic carbocycles. The minimum Gasteiger partial charge on any atom is -0.341 e. The van der Waals surface area contributed by atoms with Crippen molar-refractivity contribution in [2.45, 2.75) is 32.4 Å². The molecule has 4 heteroatoms. The Balaban J connectivity index is 2.17. The van der Waals surface area contributed by atoms with Gasteiger partial charge in [0.2, 0.25) is 0 Å². The highest BCUT2D eigenvalue weighted by Gasteiger charge is 2.26. The van der Waals surface area contributed by atoms with E-state index in [1.165, 1.54) is 0 Å². The molecule has 1 atom stereocenters. The maximum atomic E-state index is 12.2. The van der Waals surface area contributed by atoms with Gasteiger partial charge in [-0.05, 0) is 32.4 Å². The number of rotatable bonds is 2. The van der Waals surface area contributed by atoms with Crippen molar-refractivity contribution in [2.75, 3.05) is 13.1 Å². The summed E-state index contributed by atoms with van der Waals surface area (Å²) in [5.41, 5.74) is 6.58. The molecule has 2 heterocycles. The summed E-state index contributed by atoms with van der Waals surface area (Å²) in [7, 11) is 0. The number of hydrogen-bond donors (Lipinski definition) is 1. The average Bonchev–Trinajstić information content (AvgIpc) is 2.84. The molecular formula is C12H19N3O. The second-order valence-corrected chi connectivity index (χ2v) is 4.69. The Bertz CT molecular complexity index is 383. The van der Waals surface area contributed by atoms with E-state index in [-0.39, 0.29) is 11.9 Å². The topological polar surface area (TPSA) is 51.3 Å². The second-order valence-electron chi connectivity index (χ2n) is 4.69. The molecule has 16 heavy (non-hydrogen) atoms. The lowest BCUT2D eigenvalue weighted by Gasteiger charge is -2.18. The summed E-state index contributed by atoms with van der Waals surface area (Å²) in [4.78, 5) is 14.1. The van der Waals surface area contributed by atoms with Crippen LogP contribution >= 0.6 is 0 Å². The van der Waals surface area contributed by atoms with Crippen molar-refractivity contribution in [3.05, 3.63) is 24.0 Å². The Labute approximate surface area is 96.0 Å². The molecular weight excluding hydrogens is 202 g/mol. The SMILES string of the molecule is CC(C)n1cccc1C(=O)N1CC[C@@H](N)C1. The van der Waals surface area contributed by atoms with Crippen LogP contribution in [-0.4, -0.2) is 34.5 Å². The molecule has 2 rings (SSSR count). The van der Waals surface area contributed by atoms with Crippen LogP contribution < -0.4 is 5.73 Å². The van der Waals surface area contributed by atoms with Crippen molar-refractivity contribution in [2.24, 2.45) is 5.73 Å². The van der Waals surface area contributed by atoms with Crippen LogP contribution in [-0.2, 0) is 0 Å². The standard InChI is InChI=1S/C12H19N3O/c1-9(2)15-6-3-4-11(15)12(16)14-7-5-10(13)8-14/h3-4,6,9-10H,5,7-8,13H2,1-2H3/t10-/m1/s1. The van der Waals surface area contributed by atoms with Gasteiger partial charge in [-0.25, -0.2) is 0 Å². The quantitative estimate of drug-likeness (QED) is 0.817. The van der Waals surface area contributed by atoms with Crippen LogP contribution in [0.2, 0.25) is 0 Å². The Morgan fingerprint density at radius 2 is 2.31 bits per heavy atom. The predicted octanol–water partition coefficient (Wildman–Crippen LogP) is 1.24. The Morgan fingerprint density at radius 3 is 2.88 bits per heavy atom. The van der Waals surface area contributed by atoms with E-state index in [2.05, 4.69) is 13.8 Å². The molecule has 2 N–H and O–H groups in total. The van der Waals surface area contributed by atoms with Crippen molar-refractivity contribution in [1.29, 1.82) is 0 Å². The molecule has 1 aliphatic heterocycles. The number of nitrogens with two attached hydrogens (primary N) is 1. The summed E-state index contributed by atoms with van der Waals surface area (Å²) in [6, 6.07) is 4.26. The summed E-state index contributed by atoms with van der Waals surface area (Å²) in [5.74, 6) is 0.103. The van der Waals surface area contributed by atoms with Crippen LogP contribution in [0.3, 0.4) is 0 Å². The number of nitrogens with zero attached hydrogens (tertiary/aromatic N) is 2. The van der Waals surface area contributed by atoms with Crippen molar-refractivity contribution in [3.63, 3.8) is 0 Å². The van der Waals surface area contributed by atoms with Gasteiger partial charge in [-0.2, -0.15) is 0 Å². The van der Waals surface area contributed by atoms with Gasteiger partial charge in [-0.15, -0.1) is 0 Å². The van der Waals surface area contributed by atoms with E-state index in [1.54, 1.807) is 0 Å². The Morgan fingerprint density at radius 1 is 1.56 bits per heavy atom. The highest BCUT2D eigenvalue weighted by molar-refractivity contribution is 5.93. The third-order valence-corrected chi connectivity index (χ3v) is 3.07. The molecule has 1 amide bonds. The van der Waals surface area contributed by atoms with Gasteiger partial charge in [0.15, 0.2) is 0 Å². The van der Waals surface area contributed by atoms with Crippen molar-refractivity contribution in [1.82, 2.24) is 9.47 Å². The van der Waals surface area contributed by atoms with Crippen molar-refractivity contribution in [3.8, 4) is 0 Å². The van der Waals surface area contributed by atoms with Gasteiger partial charge in [-0.3, -0.25) is 4.79 Å². The minimum atomic E-state index is 0.103. The van der Waals surface area contributed by atoms with Crippen molar-refractivity contribution >= 4 is 5.91 Å². The molecule has 0 unspecified atom stereocenters. The fourth-order valence-corrected chi connectivity index (χ4v) is 2.16. The summed E-state index contributed by atoms with van der Waals surface area (Å²) in [6.45, 7) is 5.62. The average molecular weight is 221 g/mol. The van der Waals surface area contributed by atoms with Crippen LogP contribution in [0.15, 0.2) is 18.3 Å². The Hall–Kier alpha value is -1.29. The molecule has 4 nitrogen and oxygen atoms in total. The number of aromatic nitrogens is 1. The number of carbonyl (C=O) groups is 1. The molecule has 88 valence electrons. The van der Waals surface area contributed by atoms with Gasteiger partial charge >= 0.3 is 0 Å². The molecule has 1 aromatic rings. The zero-order valence-electron chi connectivity index (χ0n) is 9.89. The summed E-state index contributed by atoms with van der Waals surface area (Å²) in [6.07, 6.45) is 2.86. The molecule has 1 fully saturated rings. The van der Waals surface area contributed by atoms with Crippen LogP contribution in [0.25, 0.3) is 0 Å². The lowest BCUT2D eigenvalue weighted by Crippen LogP contribution is -2.33. The molecule has 0 aromatic carbocycles. The molecule has 0 bridgehead atoms. The lowest BCUT2D eigenvalue weighted by atomic mass is 10.3. The molecule has 0 radical (unpaired) electrons. The Kier molecular flexibility index (Phi) is 3.01. The number of hydrogen-bond acceptors (Lipinski definition) is 2. The van der Waals surface area contributed by atoms with Gasteiger partial charge in [0, 0.05) is 31.4 Å². The van der Waals surface area contributed by atoms with E-state index in [0.717, 1.165) is 18.7 Å². The fourth-order valence-electron chi connectivity index (χ4n) is 2.16. The molecule has 0 spiro atoms. The zero-order chi connectivity index (χ0) is 11.7. The van der Waals surface area contributed by atoms with E-state index >= 15 is 0 Å². The van der Waals surface area contributed by atoms with Crippen LogP contribution in [0.5, 0.6) is 0 Å². The fraction of sp³-hybridized carbons (Fsp3) is 0.583. The molecule has 0 saturated carbocycles. The maximum absolute atomic E-state index is 12.2. The zero-order valence-corrected chi connectivity index (χ0v) is 9.89. The summed E-state index contributed by atoms with van der Waals surface area (Å²) in [5, 5.41) is 0. The summed E-state index contributed by atoms with van der Waals surface area (Å²) < 4.78 is 2.01. The van der Waals surface area contributed by atoms with Gasteiger partial charge in [-0.1, -0.05) is 0 Å². The number of carbonyl (C=O) groups excluding carboxylic acids is 1. The predicted molar refractivity (Wildman–Crippen MR) is 63.3 cm³/mol. The highest BCUT2D eigenvalue weighted by atomic mass is 16.2. The van der Waals surface area contributed by atoms with Crippen LogP contribution in [0.4, 0.5) is 0 Å². The first-order valence-corrected chi connectivity index (χ1v) is 5.81. The maximum Gasteiger partial charge on any atom is 0.270 e. The first-order chi connectivity index (χ1) is 7.59. The lowest BCUT2D eigenvalue weighted by molar-refractivity contribution is 0.0778. The largest absolute Gasteiger partial charge is 0.341 e. The monoisotopic (exact) mass is 221 g/mol. The van der Waals surface area contributed by atoms with Gasteiger partial charge < -0.3 is 15.2 Å². The first-order valence-electron chi connectivity index (χ1n) is 5.81. The van der Waals surface area contributed by atoms with E-state index in [9.17, 15) is 4.79 Å². The van der Waals surface area contributed by atoms with E-state index in [4.69, 9.17) is 5.73 Å². The van der Waals surface area contributed by atoms with E-state index < -0.39 is 0 Å². The van der Waals surface area contributed by atoms with Crippen LogP contribution in [0.1, 0.15) is 36.8 Å². The smallest absolute Gasteiger partial charge is 0.270 e. The molecule has 1 aromatic heterocycles. The van der Waals surface area contributed by atoms with Gasteiger partial charge in [0.1, 0.15) is 5.69 Å².